The number of nitrogens with zero attached hydrogens (tertiary/aromatic N) is 4. The lowest BCUT2D eigenvalue weighted by molar-refractivity contribution is 0.209. The van der Waals surface area contributed by atoms with Crippen molar-refractivity contribution in [3.63, 3.8) is 0 Å². The highest BCUT2D eigenvalue weighted by molar-refractivity contribution is 5.92. The molecule has 0 amide bonds. The number of hydrogen-bond donors (Lipinski definition) is 1. The van der Waals surface area contributed by atoms with Crippen LogP contribution >= 0.6 is 0 Å². The zero-order valence-electron chi connectivity index (χ0n) is 18.1. The van der Waals surface area contributed by atoms with Gasteiger partial charge in [0, 0.05) is 54.4 Å². The molecule has 0 aliphatic carbocycles. The van der Waals surface area contributed by atoms with Gasteiger partial charge in [-0.1, -0.05) is 12.1 Å². The lowest BCUT2D eigenvalue weighted by Gasteiger charge is -2.38. The summed E-state index contributed by atoms with van der Waals surface area (Å²) in [6.07, 6.45) is 0. The van der Waals surface area contributed by atoms with E-state index in [1.165, 1.54) is 11.8 Å². The molecule has 0 radical (unpaired) electrons. The number of rotatable bonds is 4. The van der Waals surface area contributed by atoms with Gasteiger partial charge in [0.15, 0.2) is 17.3 Å². The van der Waals surface area contributed by atoms with Gasteiger partial charge in [0.05, 0.1) is 11.4 Å². The van der Waals surface area contributed by atoms with Crippen molar-refractivity contribution in [1.29, 1.82) is 0 Å². The first-order valence-corrected chi connectivity index (χ1v) is 10.9. The van der Waals surface area contributed by atoms with E-state index in [4.69, 9.17) is 0 Å². The van der Waals surface area contributed by atoms with Crippen LogP contribution in [0.4, 0.5) is 14.5 Å². The van der Waals surface area contributed by atoms with Gasteiger partial charge in [0.1, 0.15) is 0 Å². The van der Waals surface area contributed by atoms with Crippen LogP contribution in [0.5, 0.6) is 0 Å². The summed E-state index contributed by atoms with van der Waals surface area (Å²) in [6.45, 7) is 8.71. The third-order valence-electron chi connectivity index (χ3n) is 6.20. The average Bonchev–Trinajstić information content (AvgIpc) is 3.24. The molecule has 4 aromatic rings. The van der Waals surface area contributed by atoms with Crippen molar-refractivity contribution in [2.75, 3.05) is 31.1 Å². The highest BCUT2D eigenvalue weighted by atomic mass is 19.2. The minimum Gasteiger partial charge on any atom is -0.369 e. The molecular formula is C25H25F2N5. The third kappa shape index (κ3) is 3.84. The summed E-state index contributed by atoms with van der Waals surface area (Å²) < 4.78 is 26.8. The van der Waals surface area contributed by atoms with Crippen LogP contribution < -0.4 is 4.90 Å². The van der Waals surface area contributed by atoms with Crippen LogP contribution in [0.25, 0.3) is 33.5 Å². The van der Waals surface area contributed by atoms with Gasteiger partial charge in [0.25, 0.3) is 0 Å². The quantitative estimate of drug-likeness (QED) is 0.486. The third-order valence-corrected chi connectivity index (χ3v) is 6.20. The maximum Gasteiger partial charge on any atom is 0.182 e. The first-order valence-electron chi connectivity index (χ1n) is 10.9. The Morgan fingerprint density at radius 1 is 0.844 bits per heavy atom. The Hall–Kier alpha value is -3.32. The number of hydrogen-bond acceptors (Lipinski definition) is 4. The Bertz CT molecular complexity index is 1240. The smallest absolute Gasteiger partial charge is 0.182 e. The van der Waals surface area contributed by atoms with Crippen LogP contribution in [0.2, 0.25) is 0 Å². The summed E-state index contributed by atoms with van der Waals surface area (Å²) in [6, 6.07) is 16.6. The number of anilines is 1. The average molecular weight is 434 g/mol. The van der Waals surface area contributed by atoms with Gasteiger partial charge in [0.2, 0.25) is 0 Å². The standard InChI is InChI=1S/C25H25F2N5/c1-16(2)31-11-13-32(14-12-31)19-6-3-17(4-7-19)24-20-8-10-23(28-25(20)30-29-24)18-5-9-21(26)22(27)15-18/h3-10,15-16H,11-14H2,1-2H3,(H,28,29,30). The molecule has 7 heteroatoms. The van der Waals surface area contributed by atoms with Crippen LogP contribution in [0.1, 0.15) is 13.8 Å². The molecule has 1 aliphatic heterocycles. The molecule has 0 spiro atoms. The molecule has 0 unspecified atom stereocenters. The van der Waals surface area contributed by atoms with E-state index >= 15 is 0 Å². The predicted octanol–water partition coefficient (Wildman–Crippen LogP) is 5.10. The fourth-order valence-corrected chi connectivity index (χ4v) is 4.27. The molecule has 32 heavy (non-hydrogen) atoms. The van der Waals surface area contributed by atoms with Crippen LogP contribution in [0.3, 0.4) is 0 Å². The summed E-state index contributed by atoms with van der Waals surface area (Å²) in [4.78, 5) is 9.45. The molecule has 5 nitrogen and oxygen atoms in total. The van der Waals surface area contributed by atoms with E-state index in [-0.39, 0.29) is 0 Å². The fourth-order valence-electron chi connectivity index (χ4n) is 4.27. The molecule has 164 valence electrons. The SMILES string of the molecule is CC(C)N1CCN(c2ccc(-c3[nH]nc4nc(-c5ccc(F)c(F)c5)ccc34)cc2)CC1. The summed E-state index contributed by atoms with van der Waals surface area (Å²) >= 11 is 0. The van der Waals surface area contributed by atoms with Crippen LogP contribution in [0, 0.1) is 11.6 Å². The minimum absolute atomic E-state index is 0.511. The molecule has 0 bridgehead atoms. The largest absolute Gasteiger partial charge is 0.369 e. The van der Waals surface area contributed by atoms with Crippen molar-refractivity contribution in [2.45, 2.75) is 19.9 Å². The molecule has 1 fully saturated rings. The van der Waals surface area contributed by atoms with E-state index < -0.39 is 11.6 Å². The number of benzene rings is 2. The van der Waals surface area contributed by atoms with Crippen molar-refractivity contribution in [1.82, 2.24) is 20.1 Å². The van der Waals surface area contributed by atoms with E-state index in [9.17, 15) is 8.78 Å². The van der Waals surface area contributed by atoms with Gasteiger partial charge in [-0.2, -0.15) is 5.10 Å². The first kappa shape index (κ1) is 20.6. The van der Waals surface area contributed by atoms with Gasteiger partial charge < -0.3 is 4.90 Å². The molecule has 2 aromatic carbocycles. The number of fused-ring (bicyclic) bond motifs is 1. The number of aromatic amines is 1. The van der Waals surface area contributed by atoms with Crippen LogP contribution in [-0.2, 0) is 0 Å². The molecule has 1 N–H and O–H groups in total. The van der Waals surface area contributed by atoms with Crippen LogP contribution in [0.15, 0.2) is 54.6 Å². The van der Waals surface area contributed by atoms with Crippen molar-refractivity contribution in [3.8, 4) is 22.5 Å². The van der Waals surface area contributed by atoms with Crippen molar-refractivity contribution >= 4 is 16.7 Å². The Labute approximate surface area is 185 Å². The maximum absolute atomic E-state index is 13.6. The topological polar surface area (TPSA) is 48.0 Å². The summed E-state index contributed by atoms with van der Waals surface area (Å²) in [5, 5.41) is 8.30. The predicted molar refractivity (Wildman–Crippen MR) is 124 cm³/mol. The highest BCUT2D eigenvalue weighted by Gasteiger charge is 2.19. The second-order valence-corrected chi connectivity index (χ2v) is 8.46. The molecule has 1 aliphatic rings. The lowest BCUT2D eigenvalue weighted by Crippen LogP contribution is -2.48. The van der Waals surface area contributed by atoms with Gasteiger partial charge in [-0.05, 0) is 56.3 Å². The molecule has 2 aromatic heterocycles. The van der Waals surface area contributed by atoms with Crippen molar-refractivity contribution < 1.29 is 8.78 Å². The first-order chi connectivity index (χ1) is 15.5. The van der Waals surface area contributed by atoms with Crippen molar-refractivity contribution in [3.05, 3.63) is 66.2 Å². The van der Waals surface area contributed by atoms with E-state index in [0.717, 1.165) is 55.0 Å². The number of halogens is 2. The number of pyridine rings is 1. The van der Waals surface area contributed by atoms with Gasteiger partial charge >= 0.3 is 0 Å². The maximum atomic E-state index is 13.6. The van der Waals surface area contributed by atoms with E-state index in [1.54, 1.807) is 6.07 Å². The summed E-state index contributed by atoms with van der Waals surface area (Å²) in [5.74, 6) is -1.76. The normalized spacial score (nSPS) is 15.1. The highest BCUT2D eigenvalue weighted by Crippen LogP contribution is 2.30. The Morgan fingerprint density at radius 2 is 1.56 bits per heavy atom. The minimum atomic E-state index is -0.891. The Balaban J connectivity index is 1.37. The number of nitrogens with one attached hydrogen (secondary N) is 1. The lowest BCUT2D eigenvalue weighted by atomic mass is 10.1. The van der Waals surface area contributed by atoms with Crippen molar-refractivity contribution in [2.24, 2.45) is 0 Å². The number of H-pyrrole nitrogens is 1. The van der Waals surface area contributed by atoms with Crippen LogP contribution in [-0.4, -0.2) is 52.3 Å². The molecular weight excluding hydrogens is 408 g/mol. The molecule has 3 heterocycles. The van der Waals surface area contributed by atoms with Gasteiger partial charge in [-0.3, -0.25) is 10.00 Å². The fraction of sp³-hybridized carbons (Fsp3) is 0.280. The number of piperazine rings is 1. The second-order valence-electron chi connectivity index (χ2n) is 8.46. The molecule has 5 rings (SSSR count). The van der Waals surface area contributed by atoms with E-state index in [0.29, 0.717) is 22.9 Å². The van der Waals surface area contributed by atoms with Gasteiger partial charge in [-0.15, -0.1) is 0 Å². The van der Waals surface area contributed by atoms with E-state index in [2.05, 4.69) is 63.1 Å². The van der Waals surface area contributed by atoms with Gasteiger partial charge in [-0.25, -0.2) is 13.8 Å². The summed E-state index contributed by atoms with van der Waals surface area (Å²) in [5.41, 5.74) is 4.73. The monoisotopic (exact) mass is 433 g/mol. The summed E-state index contributed by atoms with van der Waals surface area (Å²) in [7, 11) is 0. The van der Waals surface area contributed by atoms with E-state index in [1.807, 2.05) is 6.07 Å². The second kappa shape index (κ2) is 8.31. The zero-order chi connectivity index (χ0) is 22.2. The Morgan fingerprint density at radius 3 is 2.25 bits per heavy atom. The Kier molecular flexibility index (Phi) is 5.35. The number of aromatic nitrogens is 3. The zero-order valence-corrected chi connectivity index (χ0v) is 18.1. The molecule has 0 saturated carbocycles. The molecule has 0 atom stereocenters. The molecule has 1 saturated heterocycles.